The minimum Gasteiger partial charge on any atom is -0.497 e. The van der Waals surface area contributed by atoms with Gasteiger partial charge in [0.2, 0.25) is 0 Å². The molecule has 4 heteroatoms. The normalized spacial score (nSPS) is 9.12. The van der Waals surface area contributed by atoms with Gasteiger partial charge in [-0.2, -0.15) is 0 Å². The average Bonchev–Trinajstić information content (AvgIpc) is 2.29. The second-order valence-electron chi connectivity index (χ2n) is 3.09. The molecule has 1 rings (SSSR count). The van der Waals surface area contributed by atoms with Gasteiger partial charge in [0.05, 0.1) is 19.2 Å². The van der Waals surface area contributed by atoms with E-state index in [2.05, 4.69) is 17.2 Å². The predicted octanol–water partition coefficient (Wildman–Crippen LogP) is 0.964. The predicted molar refractivity (Wildman–Crippen MR) is 60.8 cm³/mol. The van der Waals surface area contributed by atoms with Crippen molar-refractivity contribution in [3.8, 4) is 17.6 Å². The number of ether oxygens (including phenoxy) is 1. The third-order valence-corrected chi connectivity index (χ3v) is 1.89. The second-order valence-corrected chi connectivity index (χ2v) is 3.09. The van der Waals surface area contributed by atoms with Gasteiger partial charge in [0.1, 0.15) is 5.75 Å². The van der Waals surface area contributed by atoms with Crippen LogP contribution < -0.4 is 10.1 Å². The average molecular weight is 219 g/mol. The number of rotatable bonds is 3. The minimum atomic E-state index is -0.990. The van der Waals surface area contributed by atoms with Gasteiger partial charge in [0.15, 0.2) is 0 Å². The van der Waals surface area contributed by atoms with Crippen molar-refractivity contribution in [2.45, 2.75) is 0 Å². The van der Waals surface area contributed by atoms with Crippen LogP contribution in [0.15, 0.2) is 18.2 Å². The van der Waals surface area contributed by atoms with E-state index < -0.39 is 5.97 Å². The molecule has 84 valence electrons. The molecule has 0 heterocycles. The van der Waals surface area contributed by atoms with Crippen LogP contribution in [0.4, 0.5) is 0 Å². The van der Waals surface area contributed by atoms with Crippen LogP contribution in [0.5, 0.6) is 5.75 Å². The summed E-state index contributed by atoms with van der Waals surface area (Å²) in [7, 11) is 3.29. The largest absolute Gasteiger partial charge is 0.497 e. The highest BCUT2D eigenvalue weighted by Crippen LogP contribution is 2.16. The smallest absolute Gasteiger partial charge is 0.335 e. The fraction of sp³-hybridized carbons (Fsp3) is 0.250. The number of carboxylic acid groups (broad SMARTS) is 1. The van der Waals surface area contributed by atoms with E-state index in [1.54, 1.807) is 13.1 Å². The molecule has 1 aromatic rings. The van der Waals surface area contributed by atoms with Gasteiger partial charge in [-0.25, -0.2) is 4.79 Å². The molecule has 1 aromatic carbocycles. The molecule has 4 nitrogen and oxygen atoms in total. The summed E-state index contributed by atoms with van der Waals surface area (Å²) in [6, 6.07) is 4.69. The zero-order chi connectivity index (χ0) is 12.0. The third-order valence-electron chi connectivity index (χ3n) is 1.89. The van der Waals surface area contributed by atoms with E-state index in [0.29, 0.717) is 17.9 Å². The lowest BCUT2D eigenvalue weighted by atomic mass is 10.1. The summed E-state index contributed by atoms with van der Waals surface area (Å²) in [6.07, 6.45) is 0. The maximum absolute atomic E-state index is 10.8. The number of benzene rings is 1. The second kappa shape index (κ2) is 5.79. The molecule has 0 spiro atoms. The first-order chi connectivity index (χ1) is 7.67. The van der Waals surface area contributed by atoms with Crippen molar-refractivity contribution in [2.24, 2.45) is 0 Å². The Morgan fingerprint density at radius 3 is 2.81 bits per heavy atom. The number of hydrogen-bond donors (Lipinski definition) is 2. The SMILES string of the molecule is CNCC#Cc1cc(OC)cc(C(=O)O)c1. The quantitative estimate of drug-likeness (QED) is 0.743. The summed E-state index contributed by atoms with van der Waals surface area (Å²) in [5.41, 5.74) is 0.806. The van der Waals surface area contributed by atoms with Crippen LogP contribution >= 0.6 is 0 Å². The lowest BCUT2D eigenvalue weighted by Crippen LogP contribution is -2.04. The third kappa shape index (κ3) is 3.30. The zero-order valence-corrected chi connectivity index (χ0v) is 9.20. The maximum Gasteiger partial charge on any atom is 0.335 e. The number of aromatic carboxylic acids is 1. The highest BCUT2D eigenvalue weighted by molar-refractivity contribution is 5.88. The van der Waals surface area contributed by atoms with Gasteiger partial charge in [0, 0.05) is 5.56 Å². The maximum atomic E-state index is 10.8. The van der Waals surface area contributed by atoms with Crippen LogP contribution in [0.2, 0.25) is 0 Å². The van der Waals surface area contributed by atoms with Crippen LogP contribution in [0.1, 0.15) is 15.9 Å². The first kappa shape index (κ1) is 12.1. The van der Waals surface area contributed by atoms with Gasteiger partial charge >= 0.3 is 5.97 Å². The van der Waals surface area contributed by atoms with Crippen molar-refractivity contribution < 1.29 is 14.6 Å². The molecule has 0 saturated carbocycles. The first-order valence-corrected chi connectivity index (χ1v) is 4.73. The van der Waals surface area contributed by atoms with Crippen molar-refractivity contribution in [3.63, 3.8) is 0 Å². The summed E-state index contributed by atoms with van der Waals surface area (Å²) in [5.74, 6) is 5.22. The molecule has 0 aliphatic heterocycles. The number of methoxy groups -OCH3 is 1. The van der Waals surface area contributed by atoms with Gasteiger partial charge in [-0.3, -0.25) is 0 Å². The molecule has 0 unspecified atom stereocenters. The number of hydrogen-bond acceptors (Lipinski definition) is 3. The fourth-order valence-electron chi connectivity index (χ4n) is 1.15. The van der Waals surface area contributed by atoms with Gasteiger partial charge in [-0.1, -0.05) is 11.8 Å². The molecule has 2 N–H and O–H groups in total. The van der Waals surface area contributed by atoms with Gasteiger partial charge in [-0.15, -0.1) is 0 Å². The summed E-state index contributed by atoms with van der Waals surface area (Å²) in [6.45, 7) is 0.555. The molecule has 0 aliphatic rings. The van der Waals surface area contributed by atoms with Crippen molar-refractivity contribution in [2.75, 3.05) is 20.7 Å². The van der Waals surface area contributed by atoms with Crippen LogP contribution in [0.25, 0.3) is 0 Å². The Morgan fingerprint density at radius 1 is 1.50 bits per heavy atom. The molecule has 0 fully saturated rings. The van der Waals surface area contributed by atoms with E-state index in [4.69, 9.17) is 9.84 Å². The van der Waals surface area contributed by atoms with Crippen LogP contribution in [-0.4, -0.2) is 31.8 Å². The monoisotopic (exact) mass is 219 g/mol. The Hall–Kier alpha value is -1.99. The summed E-state index contributed by atoms with van der Waals surface area (Å²) < 4.78 is 5.01. The summed E-state index contributed by atoms with van der Waals surface area (Å²) in [5, 5.41) is 11.8. The van der Waals surface area contributed by atoms with Crippen molar-refractivity contribution >= 4 is 5.97 Å². The summed E-state index contributed by atoms with van der Waals surface area (Å²) >= 11 is 0. The molecule has 0 aliphatic carbocycles. The molecule has 16 heavy (non-hydrogen) atoms. The fourth-order valence-corrected chi connectivity index (χ4v) is 1.15. The van der Waals surface area contributed by atoms with E-state index >= 15 is 0 Å². The van der Waals surface area contributed by atoms with Crippen LogP contribution in [0, 0.1) is 11.8 Å². The lowest BCUT2D eigenvalue weighted by Gasteiger charge is -2.02. The van der Waals surface area contributed by atoms with E-state index in [1.807, 2.05) is 0 Å². The molecule has 0 amide bonds. The van der Waals surface area contributed by atoms with Crippen molar-refractivity contribution in [1.82, 2.24) is 5.32 Å². The van der Waals surface area contributed by atoms with Gasteiger partial charge in [-0.05, 0) is 25.2 Å². The Morgan fingerprint density at radius 2 is 2.25 bits per heavy atom. The number of carbonyl (C=O) groups is 1. The molecule has 0 atom stereocenters. The van der Waals surface area contributed by atoms with Crippen molar-refractivity contribution in [3.05, 3.63) is 29.3 Å². The number of carboxylic acids is 1. The van der Waals surface area contributed by atoms with Gasteiger partial charge < -0.3 is 15.2 Å². The molecular weight excluding hydrogens is 206 g/mol. The Bertz CT molecular complexity index is 443. The van der Waals surface area contributed by atoms with Crippen LogP contribution in [0.3, 0.4) is 0 Å². The van der Waals surface area contributed by atoms with Gasteiger partial charge in [0.25, 0.3) is 0 Å². The lowest BCUT2D eigenvalue weighted by molar-refractivity contribution is 0.0696. The Kier molecular flexibility index (Phi) is 4.37. The topological polar surface area (TPSA) is 58.6 Å². The molecule has 0 radical (unpaired) electrons. The van der Waals surface area contributed by atoms with E-state index in [0.717, 1.165) is 0 Å². The minimum absolute atomic E-state index is 0.174. The summed E-state index contributed by atoms with van der Waals surface area (Å²) in [4.78, 5) is 10.8. The number of nitrogens with one attached hydrogen (secondary N) is 1. The standard InChI is InChI=1S/C12H13NO3/c1-13-5-3-4-9-6-10(12(14)15)8-11(7-9)16-2/h6-8,13H,5H2,1-2H3,(H,14,15). The van der Waals surface area contributed by atoms with E-state index in [1.165, 1.54) is 19.2 Å². The highest BCUT2D eigenvalue weighted by Gasteiger charge is 2.06. The first-order valence-electron chi connectivity index (χ1n) is 4.73. The van der Waals surface area contributed by atoms with E-state index in [9.17, 15) is 4.79 Å². The Labute approximate surface area is 94.2 Å². The zero-order valence-electron chi connectivity index (χ0n) is 9.20. The molecule has 0 bridgehead atoms. The molecule has 0 saturated heterocycles. The van der Waals surface area contributed by atoms with Crippen molar-refractivity contribution in [1.29, 1.82) is 0 Å². The van der Waals surface area contributed by atoms with E-state index in [-0.39, 0.29) is 5.56 Å². The van der Waals surface area contributed by atoms with Crippen LogP contribution in [-0.2, 0) is 0 Å². The highest BCUT2D eigenvalue weighted by atomic mass is 16.5. The molecular formula is C12H13NO3. The Balaban J connectivity index is 3.06. The molecule has 0 aromatic heterocycles.